The van der Waals surface area contributed by atoms with Crippen LogP contribution in [-0.4, -0.2) is 50.7 Å². The number of benzene rings is 1. The molecule has 2 fully saturated rings. The van der Waals surface area contributed by atoms with E-state index in [-0.39, 0.29) is 17.3 Å². The zero-order chi connectivity index (χ0) is 23.4. The Morgan fingerprint density at radius 1 is 1.06 bits per heavy atom. The van der Waals surface area contributed by atoms with E-state index < -0.39 is 5.60 Å². The highest BCUT2D eigenvalue weighted by Gasteiger charge is 2.41. The molecule has 0 spiro atoms. The quantitative estimate of drug-likeness (QED) is 0.628. The van der Waals surface area contributed by atoms with Crippen molar-refractivity contribution in [1.82, 2.24) is 19.7 Å². The number of anilines is 1. The van der Waals surface area contributed by atoms with Crippen LogP contribution in [0.1, 0.15) is 58.3 Å². The van der Waals surface area contributed by atoms with Crippen LogP contribution in [0, 0.1) is 11.8 Å². The summed E-state index contributed by atoms with van der Waals surface area (Å²) in [6, 6.07) is 8.72. The van der Waals surface area contributed by atoms with Crippen LogP contribution in [0.4, 0.5) is 5.82 Å². The van der Waals surface area contributed by atoms with Crippen LogP contribution in [0.2, 0.25) is 0 Å². The van der Waals surface area contributed by atoms with Gasteiger partial charge in [0.2, 0.25) is 0 Å². The van der Waals surface area contributed by atoms with Crippen LogP contribution in [0.25, 0.3) is 16.7 Å². The first-order chi connectivity index (χ1) is 15.7. The normalized spacial score (nSPS) is 27.0. The molecule has 0 amide bonds. The van der Waals surface area contributed by atoms with Crippen LogP contribution in [0.3, 0.4) is 0 Å². The fraction of sp³-hybridized carbons (Fsp3) is 0.577. The van der Waals surface area contributed by atoms with Crippen molar-refractivity contribution in [3.63, 3.8) is 0 Å². The number of aliphatic hydroxyl groups is 1. The van der Waals surface area contributed by atoms with Gasteiger partial charge in [0, 0.05) is 43.5 Å². The van der Waals surface area contributed by atoms with Crippen LogP contribution in [0.5, 0.6) is 0 Å². The number of hydrogen-bond donors (Lipinski definition) is 1. The van der Waals surface area contributed by atoms with Gasteiger partial charge in [-0.1, -0.05) is 39.3 Å². The van der Waals surface area contributed by atoms with Gasteiger partial charge in [0.1, 0.15) is 12.4 Å². The first kappa shape index (κ1) is 22.3. The maximum absolute atomic E-state index is 10.9. The molecule has 1 saturated heterocycles. The number of ether oxygens (including phenoxy) is 1. The number of rotatable bonds is 5. The lowest BCUT2D eigenvalue weighted by molar-refractivity contribution is -0.0504. The lowest BCUT2D eigenvalue weighted by Crippen LogP contribution is -2.55. The van der Waals surface area contributed by atoms with Crippen LogP contribution < -0.4 is 4.90 Å². The van der Waals surface area contributed by atoms with Gasteiger partial charge in [-0.25, -0.2) is 14.6 Å². The van der Waals surface area contributed by atoms with E-state index in [1.54, 1.807) is 7.11 Å². The Bertz CT molecular complexity index is 1150. The molecule has 0 radical (unpaired) electrons. The van der Waals surface area contributed by atoms with Gasteiger partial charge in [-0.3, -0.25) is 0 Å². The molecule has 0 bridgehead atoms. The third-order valence-corrected chi connectivity index (χ3v) is 8.27. The molecule has 5 rings (SSSR count). The number of fused-ring (bicyclic) bond motifs is 1. The summed E-state index contributed by atoms with van der Waals surface area (Å²) in [7, 11) is 1.66. The molecule has 3 aromatic rings. The standard InChI is InChI=1S/C26H35N5O2/c1-17-14-30(15-18(2)26(17,4)32)23-12-24(29-22(28-23)16-33-5)31-21-11-20(25(3)9-6-10-25)8-7-19(21)13-27-31/h7-8,11-13,17-18,32H,6,9-10,14-16H2,1-5H3/t17-,18+,26-. The Labute approximate surface area is 195 Å². The highest BCUT2D eigenvalue weighted by Crippen LogP contribution is 2.44. The second kappa shape index (κ2) is 8.06. The smallest absolute Gasteiger partial charge is 0.159 e. The number of methoxy groups -OCH3 is 1. The lowest BCUT2D eigenvalue weighted by Gasteiger charge is -2.46. The molecule has 0 unspecified atom stereocenters. The molecule has 1 saturated carbocycles. The summed E-state index contributed by atoms with van der Waals surface area (Å²) in [6.45, 7) is 10.3. The Morgan fingerprint density at radius 3 is 2.39 bits per heavy atom. The first-order valence-electron chi connectivity index (χ1n) is 12.0. The molecular formula is C26H35N5O2. The molecular weight excluding hydrogens is 414 g/mol. The van der Waals surface area contributed by atoms with E-state index in [9.17, 15) is 5.11 Å². The molecule has 7 nitrogen and oxygen atoms in total. The molecule has 3 heterocycles. The molecule has 1 aromatic carbocycles. The Hall–Kier alpha value is -2.51. The third kappa shape index (κ3) is 3.81. The van der Waals surface area contributed by atoms with Crippen molar-refractivity contribution < 1.29 is 9.84 Å². The molecule has 1 aliphatic carbocycles. The lowest BCUT2D eigenvalue weighted by atomic mass is 9.66. The molecule has 2 aromatic heterocycles. The summed E-state index contributed by atoms with van der Waals surface area (Å²) >= 11 is 0. The van der Waals surface area contributed by atoms with Gasteiger partial charge in [0.15, 0.2) is 11.6 Å². The zero-order valence-corrected chi connectivity index (χ0v) is 20.4. The third-order valence-electron chi connectivity index (χ3n) is 8.27. The van der Waals surface area contributed by atoms with Crippen molar-refractivity contribution in [2.45, 2.75) is 64.6 Å². The molecule has 33 heavy (non-hydrogen) atoms. The predicted octanol–water partition coefficient (Wildman–Crippen LogP) is 4.25. The molecule has 3 atom stereocenters. The summed E-state index contributed by atoms with van der Waals surface area (Å²) in [5, 5.41) is 16.7. The van der Waals surface area contributed by atoms with E-state index in [4.69, 9.17) is 19.8 Å². The van der Waals surface area contributed by atoms with Gasteiger partial charge in [-0.15, -0.1) is 0 Å². The maximum atomic E-state index is 10.9. The summed E-state index contributed by atoms with van der Waals surface area (Å²) in [5.74, 6) is 2.49. The molecule has 2 aliphatic rings. The highest BCUT2D eigenvalue weighted by atomic mass is 16.5. The van der Waals surface area contributed by atoms with E-state index >= 15 is 0 Å². The van der Waals surface area contributed by atoms with E-state index in [0.29, 0.717) is 12.4 Å². The fourth-order valence-electron chi connectivity index (χ4n) is 5.28. The number of hydrogen-bond acceptors (Lipinski definition) is 6. The molecule has 1 aliphatic heterocycles. The van der Waals surface area contributed by atoms with Gasteiger partial charge in [-0.2, -0.15) is 5.10 Å². The maximum Gasteiger partial charge on any atom is 0.159 e. The minimum atomic E-state index is -0.687. The average molecular weight is 450 g/mol. The largest absolute Gasteiger partial charge is 0.389 e. The van der Waals surface area contributed by atoms with Crippen LogP contribution in [-0.2, 0) is 16.8 Å². The SMILES string of the molecule is COCc1nc(N2C[C@@H](C)[C@@](C)(O)[C@@H](C)C2)cc(-n2ncc3ccc(C4(C)CCC4)cc32)n1. The monoisotopic (exact) mass is 449 g/mol. The Kier molecular flexibility index (Phi) is 5.45. The second-order valence-corrected chi connectivity index (χ2v) is 10.6. The minimum Gasteiger partial charge on any atom is -0.389 e. The topological polar surface area (TPSA) is 76.3 Å². The van der Waals surface area contributed by atoms with Crippen LogP contribution in [0.15, 0.2) is 30.5 Å². The first-order valence-corrected chi connectivity index (χ1v) is 12.0. The van der Waals surface area contributed by atoms with Crippen molar-refractivity contribution in [2.75, 3.05) is 25.1 Å². The number of nitrogens with zero attached hydrogens (tertiary/aromatic N) is 5. The summed E-state index contributed by atoms with van der Waals surface area (Å²) in [5.41, 5.74) is 2.01. The second-order valence-electron chi connectivity index (χ2n) is 10.6. The summed E-state index contributed by atoms with van der Waals surface area (Å²) in [6.07, 6.45) is 5.67. The highest BCUT2D eigenvalue weighted by molar-refractivity contribution is 5.81. The van der Waals surface area contributed by atoms with Crippen molar-refractivity contribution >= 4 is 16.7 Å². The van der Waals surface area contributed by atoms with Crippen molar-refractivity contribution in [1.29, 1.82) is 0 Å². The van der Waals surface area contributed by atoms with E-state index in [1.165, 1.54) is 24.8 Å². The van der Waals surface area contributed by atoms with Crippen molar-refractivity contribution in [3.8, 4) is 5.82 Å². The number of piperidine rings is 1. The van der Waals surface area contributed by atoms with Gasteiger partial charge in [-0.05, 0) is 36.8 Å². The van der Waals surface area contributed by atoms with Gasteiger partial charge < -0.3 is 14.7 Å². The Morgan fingerprint density at radius 2 is 1.76 bits per heavy atom. The van der Waals surface area contributed by atoms with E-state index in [1.807, 2.05) is 23.9 Å². The zero-order valence-electron chi connectivity index (χ0n) is 20.4. The predicted molar refractivity (Wildman–Crippen MR) is 130 cm³/mol. The van der Waals surface area contributed by atoms with E-state index in [0.717, 1.165) is 35.6 Å². The summed E-state index contributed by atoms with van der Waals surface area (Å²) in [4.78, 5) is 11.8. The fourth-order valence-corrected chi connectivity index (χ4v) is 5.28. The average Bonchev–Trinajstić information content (AvgIpc) is 3.19. The molecule has 7 heteroatoms. The van der Waals surface area contributed by atoms with Gasteiger partial charge in [0.25, 0.3) is 0 Å². The van der Waals surface area contributed by atoms with Crippen LogP contribution >= 0.6 is 0 Å². The Balaban J connectivity index is 1.57. The minimum absolute atomic E-state index is 0.127. The van der Waals surface area contributed by atoms with Gasteiger partial charge >= 0.3 is 0 Å². The van der Waals surface area contributed by atoms with Crippen molar-refractivity contribution in [3.05, 3.63) is 41.9 Å². The number of aromatic nitrogens is 4. The molecule has 1 N–H and O–H groups in total. The van der Waals surface area contributed by atoms with E-state index in [2.05, 4.69) is 43.9 Å². The summed E-state index contributed by atoms with van der Waals surface area (Å²) < 4.78 is 7.31. The van der Waals surface area contributed by atoms with Crippen molar-refractivity contribution in [2.24, 2.45) is 11.8 Å². The van der Waals surface area contributed by atoms with Gasteiger partial charge in [0.05, 0.1) is 17.3 Å². The molecule has 176 valence electrons.